The van der Waals surface area contributed by atoms with Gasteiger partial charge in [0.05, 0.1) is 17.6 Å². The Morgan fingerprint density at radius 2 is 2.28 bits per heavy atom. The maximum absolute atomic E-state index is 10.9. The molecule has 1 aliphatic rings. The number of amidine groups is 1. The molecule has 2 unspecified atom stereocenters. The van der Waals surface area contributed by atoms with Crippen LogP contribution in [0.5, 0.6) is 0 Å². The van der Waals surface area contributed by atoms with Crippen molar-refractivity contribution in [2.45, 2.75) is 29.7 Å². The summed E-state index contributed by atoms with van der Waals surface area (Å²) in [4.78, 5) is 12.0. The Hall–Kier alpha value is -0.210. The molecule has 2 atom stereocenters. The second-order valence-corrected chi connectivity index (χ2v) is 7.79. The van der Waals surface area contributed by atoms with Crippen molar-refractivity contribution >= 4 is 37.7 Å². The molecule has 1 rings (SSSR count). The topological polar surface area (TPSA) is 79.5 Å². The second-order valence-electron chi connectivity index (χ2n) is 4.43. The minimum absolute atomic E-state index is 0.0884. The van der Waals surface area contributed by atoms with Crippen molar-refractivity contribution in [3.63, 3.8) is 0 Å². The number of alkyl halides is 2. The molecule has 0 aromatic carbocycles. The van der Waals surface area contributed by atoms with Crippen LogP contribution in [0, 0.1) is 21.4 Å². The van der Waals surface area contributed by atoms with Gasteiger partial charge in [-0.05, 0) is 20.3 Å². The van der Waals surface area contributed by atoms with Gasteiger partial charge in [-0.25, -0.2) is 0 Å². The smallest absolute Gasteiger partial charge is 0.378 e. The van der Waals surface area contributed by atoms with Gasteiger partial charge in [-0.1, -0.05) is 0 Å². The molecule has 1 aliphatic heterocycles. The van der Waals surface area contributed by atoms with Gasteiger partial charge < -0.3 is 9.64 Å². The van der Waals surface area contributed by atoms with E-state index in [1.54, 1.807) is 4.90 Å². The van der Waals surface area contributed by atoms with Crippen molar-refractivity contribution in [2.75, 3.05) is 19.7 Å². The van der Waals surface area contributed by atoms with Gasteiger partial charge in [-0.3, -0.25) is 15.5 Å². The largest absolute Gasteiger partial charge is 0.382 e. The molecule has 0 bridgehead atoms. The summed E-state index contributed by atoms with van der Waals surface area (Å²) in [5.41, 5.74) is 0. The lowest BCUT2D eigenvalue weighted by atomic mass is 10.1. The molecule has 0 aliphatic carbocycles. The van der Waals surface area contributed by atoms with Crippen LogP contribution < -0.4 is 0 Å². The van der Waals surface area contributed by atoms with Gasteiger partial charge in [0.15, 0.2) is 5.84 Å². The third kappa shape index (κ3) is 3.64. The van der Waals surface area contributed by atoms with Crippen molar-refractivity contribution in [3.05, 3.63) is 10.1 Å². The molecule has 0 spiro atoms. The normalized spacial score (nSPS) is 24.0. The minimum atomic E-state index is -1.71. The summed E-state index contributed by atoms with van der Waals surface area (Å²) in [5, 5.41) is 18.8. The van der Waals surface area contributed by atoms with E-state index in [9.17, 15) is 10.1 Å². The van der Waals surface area contributed by atoms with Crippen molar-refractivity contribution in [3.8, 4) is 0 Å². The van der Waals surface area contributed by atoms with Crippen LogP contribution in [0.1, 0.15) is 20.3 Å². The molecule has 0 radical (unpaired) electrons. The number of hydrogen-bond acceptors (Lipinski definition) is 4. The van der Waals surface area contributed by atoms with E-state index in [1.165, 1.54) is 0 Å². The first-order valence-corrected chi connectivity index (χ1v) is 7.35. The minimum Gasteiger partial charge on any atom is -0.378 e. The maximum atomic E-state index is 10.9. The number of halogens is 2. The lowest BCUT2D eigenvalue weighted by Crippen LogP contribution is -2.47. The van der Waals surface area contributed by atoms with Crippen LogP contribution in [0.3, 0.4) is 0 Å². The second kappa shape index (κ2) is 6.29. The highest BCUT2D eigenvalue weighted by molar-refractivity contribution is 9.25. The number of ether oxygens (including phenoxy) is 1. The molecule has 104 valence electrons. The fourth-order valence-corrected chi connectivity index (χ4v) is 2.50. The Kier molecular flexibility index (Phi) is 5.54. The molecule has 0 saturated carbocycles. The third-order valence-corrected chi connectivity index (χ3v) is 4.30. The molecule has 1 saturated heterocycles. The maximum Gasteiger partial charge on any atom is 0.382 e. The van der Waals surface area contributed by atoms with Crippen LogP contribution in [0.15, 0.2) is 0 Å². The standard InChI is InChI=1S/C10H17Br2N3O3/c1-3-14(5-8-4-7(2)18-6-8)9(13)10(11,12)15(16)17/h7-8,13H,3-6H2,1-2H3. The molecular weight excluding hydrogens is 370 g/mol. The average molecular weight is 387 g/mol. The summed E-state index contributed by atoms with van der Waals surface area (Å²) in [7, 11) is 0. The first-order valence-electron chi connectivity index (χ1n) is 5.76. The van der Waals surface area contributed by atoms with E-state index >= 15 is 0 Å². The van der Waals surface area contributed by atoms with Gasteiger partial charge in [0.25, 0.3) is 0 Å². The first-order chi connectivity index (χ1) is 8.28. The molecule has 0 aromatic heterocycles. The Bertz CT molecular complexity index is 338. The number of rotatable bonds is 5. The molecule has 1 N–H and O–H groups in total. The van der Waals surface area contributed by atoms with Crippen LogP contribution in [0.25, 0.3) is 0 Å². The number of nitro groups is 1. The molecule has 1 fully saturated rings. The monoisotopic (exact) mass is 385 g/mol. The highest BCUT2D eigenvalue weighted by atomic mass is 79.9. The summed E-state index contributed by atoms with van der Waals surface area (Å²) >= 11 is 5.87. The highest BCUT2D eigenvalue weighted by Crippen LogP contribution is 2.30. The molecule has 1 heterocycles. The summed E-state index contributed by atoms with van der Waals surface area (Å²) < 4.78 is 3.76. The van der Waals surface area contributed by atoms with Gasteiger partial charge in [0, 0.05) is 50.9 Å². The van der Waals surface area contributed by atoms with Crippen LogP contribution in [0.4, 0.5) is 0 Å². The number of nitrogens with zero attached hydrogens (tertiary/aromatic N) is 2. The summed E-state index contributed by atoms with van der Waals surface area (Å²) in [6.07, 6.45) is 1.16. The van der Waals surface area contributed by atoms with Gasteiger partial charge in [0.1, 0.15) is 0 Å². The Labute approximate surface area is 123 Å². The van der Waals surface area contributed by atoms with Crippen molar-refractivity contribution in [1.29, 1.82) is 5.41 Å². The van der Waals surface area contributed by atoms with E-state index in [0.717, 1.165) is 6.42 Å². The van der Waals surface area contributed by atoms with Crippen LogP contribution in [0.2, 0.25) is 0 Å². The molecule has 8 heteroatoms. The van der Waals surface area contributed by atoms with Crippen LogP contribution >= 0.6 is 31.9 Å². The predicted octanol–water partition coefficient (Wildman–Crippen LogP) is 2.43. The molecular formula is C10H17Br2N3O3. The highest BCUT2D eigenvalue weighted by Gasteiger charge is 2.45. The van der Waals surface area contributed by atoms with Crippen molar-refractivity contribution < 1.29 is 9.66 Å². The van der Waals surface area contributed by atoms with E-state index in [-0.39, 0.29) is 11.9 Å². The summed E-state index contributed by atoms with van der Waals surface area (Å²) in [6, 6.07) is 0. The fraction of sp³-hybridized carbons (Fsp3) is 0.900. The lowest BCUT2D eigenvalue weighted by molar-refractivity contribution is -0.487. The Morgan fingerprint density at radius 3 is 2.67 bits per heavy atom. The quantitative estimate of drug-likeness (QED) is 0.196. The average Bonchev–Trinajstić information content (AvgIpc) is 2.70. The van der Waals surface area contributed by atoms with Crippen molar-refractivity contribution in [1.82, 2.24) is 4.90 Å². The molecule has 0 aromatic rings. The van der Waals surface area contributed by atoms with Gasteiger partial charge >= 0.3 is 3.36 Å². The molecule has 6 nitrogen and oxygen atoms in total. The van der Waals surface area contributed by atoms with E-state index in [1.807, 2.05) is 13.8 Å². The Morgan fingerprint density at radius 1 is 1.67 bits per heavy atom. The summed E-state index contributed by atoms with van der Waals surface area (Å²) in [5.74, 6) is 0.234. The van der Waals surface area contributed by atoms with E-state index in [0.29, 0.717) is 25.6 Å². The number of hydrogen-bond donors (Lipinski definition) is 1. The SMILES string of the molecule is CCN(CC1COC(C)C1)C(=N)C(Br)(Br)[N+](=O)[O-]. The molecule has 0 amide bonds. The van der Waals surface area contributed by atoms with E-state index in [4.69, 9.17) is 10.1 Å². The third-order valence-electron chi connectivity index (χ3n) is 2.97. The fourth-order valence-electron chi connectivity index (χ4n) is 2.00. The number of likely N-dealkylation sites (N-methyl/N-ethyl adjacent to an activating group) is 1. The van der Waals surface area contributed by atoms with E-state index in [2.05, 4.69) is 31.9 Å². The molecule has 18 heavy (non-hydrogen) atoms. The van der Waals surface area contributed by atoms with Crippen LogP contribution in [-0.4, -0.2) is 44.8 Å². The van der Waals surface area contributed by atoms with Gasteiger partial charge in [0.2, 0.25) is 0 Å². The van der Waals surface area contributed by atoms with Gasteiger partial charge in [-0.2, -0.15) is 0 Å². The van der Waals surface area contributed by atoms with Gasteiger partial charge in [-0.15, -0.1) is 0 Å². The zero-order valence-corrected chi connectivity index (χ0v) is 13.5. The zero-order valence-electron chi connectivity index (χ0n) is 10.4. The number of nitrogens with one attached hydrogen (secondary N) is 1. The zero-order chi connectivity index (χ0) is 13.9. The Balaban J connectivity index is 2.66. The summed E-state index contributed by atoms with van der Waals surface area (Å²) in [6.45, 7) is 5.70. The van der Waals surface area contributed by atoms with E-state index < -0.39 is 8.28 Å². The predicted molar refractivity (Wildman–Crippen MR) is 76.1 cm³/mol. The van der Waals surface area contributed by atoms with Crippen molar-refractivity contribution in [2.24, 2.45) is 5.92 Å². The lowest BCUT2D eigenvalue weighted by Gasteiger charge is -2.28. The van der Waals surface area contributed by atoms with Crippen LogP contribution in [-0.2, 0) is 4.74 Å². The first kappa shape index (κ1) is 15.8.